The second kappa shape index (κ2) is 31.0. The number of hydrogen-bond donors (Lipinski definition) is 13. The molecule has 4 rings (SSSR count). The van der Waals surface area contributed by atoms with Crippen molar-refractivity contribution in [2.24, 2.45) is 5.92 Å². The third-order valence-electron chi connectivity index (χ3n) is 14.1. The van der Waals surface area contributed by atoms with Gasteiger partial charge in [-0.05, 0) is 70.1 Å². The minimum Gasteiger partial charge on any atom is -0.508 e. The summed E-state index contributed by atoms with van der Waals surface area (Å²) in [6.45, 7) is 5.11. The van der Waals surface area contributed by atoms with Crippen LogP contribution in [0.1, 0.15) is 129 Å². The van der Waals surface area contributed by atoms with Gasteiger partial charge in [0.15, 0.2) is 6.23 Å². The Hall–Kier alpha value is -5.53. The zero-order valence-corrected chi connectivity index (χ0v) is 44.3. The molecule has 3 fully saturated rings. The van der Waals surface area contributed by atoms with Crippen LogP contribution < -0.4 is 26.6 Å². The number of methoxy groups -OCH3 is 1. The van der Waals surface area contributed by atoms with E-state index in [1.807, 2.05) is 0 Å². The fourth-order valence-corrected chi connectivity index (χ4v) is 9.60. The lowest BCUT2D eigenvalue weighted by Crippen LogP contribution is -2.64. The first kappa shape index (κ1) is 63.0. The molecule has 15 unspecified atom stereocenters. The number of amides is 7. The molecule has 3 saturated heterocycles. The molecule has 76 heavy (non-hydrogen) atoms. The number of nitrogens with zero attached hydrogens (tertiary/aromatic N) is 2. The molecule has 1 aromatic carbocycles. The number of aliphatic hydroxyl groups excluding tert-OH is 7. The van der Waals surface area contributed by atoms with Crippen molar-refractivity contribution in [3.05, 3.63) is 54.1 Å². The largest absolute Gasteiger partial charge is 0.508 e. The van der Waals surface area contributed by atoms with Crippen LogP contribution in [0.4, 0.5) is 0 Å². The molecule has 0 radical (unpaired) electrons. The monoisotopic (exact) mass is 1070 g/mol. The first-order valence-corrected chi connectivity index (χ1v) is 26.6. The molecule has 13 N–H and O–H groups in total. The van der Waals surface area contributed by atoms with Gasteiger partial charge in [-0.1, -0.05) is 82.4 Å². The molecular weight excluding hydrogens is 991 g/mol. The number of unbranched alkanes of at least 4 members (excludes halogenated alkanes) is 8. The number of phenolic OH excluding ortho intramolecular Hbond substituents is 1. The summed E-state index contributed by atoms with van der Waals surface area (Å²) in [6, 6.07) is -6.29. The first-order valence-electron chi connectivity index (χ1n) is 26.6. The lowest BCUT2D eigenvalue weighted by Gasteiger charge is -2.34. The molecule has 0 aromatic heterocycles. The van der Waals surface area contributed by atoms with Gasteiger partial charge in [0.1, 0.15) is 60.3 Å². The quantitative estimate of drug-likeness (QED) is 0.0536. The van der Waals surface area contributed by atoms with Gasteiger partial charge >= 0.3 is 0 Å². The van der Waals surface area contributed by atoms with Crippen molar-refractivity contribution in [1.29, 1.82) is 0 Å². The normalized spacial score (nSPS) is 29.2. The van der Waals surface area contributed by atoms with Crippen molar-refractivity contribution in [3.63, 3.8) is 0 Å². The Kier molecular flexibility index (Phi) is 25.7. The minimum absolute atomic E-state index is 0.0273. The van der Waals surface area contributed by atoms with E-state index in [0.717, 1.165) is 69.3 Å². The Balaban J connectivity index is 1.64. The van der Waals surface area contributed by atoms with E-state index in [0.29, 0.717) is 12.8 Å². The molecule has 7 amide bonds. The van der Waals surface area contributed by atoms with Crippen LogP contribution in [0.25, 0.3) is 0 Å². The lowest BCUT2D eigenvalue weighted by molar-refractivity contribution is -0.148. The van der Waals surface area contributed by atoms with E-state index in [4.69, 9.17) is 4.74 Å². The van der Waals surface area contributed by atoms with E-state index in [2.05, 4.69) is 57.8 Å². The zero-order chi connectivity index (χ0) is 56.2. The molecule has 3 aliphatic heterocycles. The van der Waals surface area contributed by atoms with Crippen molar-refractivity contribution >= 4 is 41.4 Å². The Bertz CT molecular complexity index is 2130. The summed E-state index contributed by atoms with van der Waals surface area (Å²) in [7, 11) is 1.14. The maximum Gasteiger partial charge on any atom is 0.248 e. The van der Waals surface area contributed by atoms with Gasteiger partial charge in [-0.3, -0.25) is 33.6 Å². The van der Waals surface area contributed by atoms with Crippen LogP contribution in [0, 0.1) is 5.92 Å². The lowest BCUT2D eigenvalue weighted by atomic mass is 9.96. The number of aliphatic hydroxyl groups is 7. The molecule has 0 bridgehead atoms. The van der Waals surface area contributed by atoms with Gasteiger partial charge in [0, 0.05) is 45.4 Å². The van der Waals surface area contributed by atoms with Crippen molar-refractivity contribution < 1.29 is 79.2 Å². The van der Waals surface area contributed by atoms with E-state index in [1.165, 1.54) is 50.5 Å². The highest BCUT2D eigenvalue weighted by Gasteiger charge is 2.50. The average molecular weight is 1070 g/mol. The van der Waals surface area contributed by atoms with Crippen molar-refractivity contribution in [2.75, 3.05) is 20.2 Å². The standard InChI is InChI=1S/C53H83N7O16/c1-6-7-8-9-10-11-12-13-14-15-16-17-18-19-20-21-39(65)54-36-27-38(76-5)49(71)58-51(73)43-44(66)30(2)28-60(43)53(75)41(32(4)62)56-50(72)42(46(68)45(67)33-22-24-34(63)25-23-33)57-48(70)37-26-35(64)29-59(37)52(74)40(31(3)61)55-47(36)69/h10-11,13-14,22-25,30-32,35-38,40-46,49,61-64,66-68,71H,6-9,12,15-21,26-29H2,1-5H3,(H,54,65)(H,55,69)(H,56,72)(H,57,70)(H,58,73). The maximum absolute atomic E-state index is 14.4. The van der Waals surface area contributed by atoms with Crippen molar-refractivity contribution in [1.82, 2.24) is 36.4 Å². The fourth-order valence-electron chi connectivity index (χ4n) is 9.60. The predicted molar refractivity (Wildman–Crippen MR) is 276 cm³/mol. The zero-order valence-electron chi connectivity index (χ0n) is 44.3. The number of aromatic hydroxyl groups is 1. The number of benzene rings is 1. The summed E-state index contributed by atoms with van der Waals surface area (Å²) >= 11 is 0. The predicted octanol–water partition coefficient (Wildman–Crippen LogP) is -0.676. The Morgan fingerprint density at radius 2 is 1.28 bits per heavy atom. The summed E-state index contributed by atoms with van der Waals surface area (Å²) in [4.78, 5) is 101. The second-order valence-electron chi connectivity index (χ2n) is 20.3. The van der Waals surface area contributed by atoms with Crippen molar-refractivity contribution in [2.45, 2.75) is 203 Å². The molecule has 3 aliphatic rings. The minimum atomic E-state index is -2.26. The third-order valence-corrected chi connectivity index (χ3v) is 14.1. The summed E-state index contributed by atoms with van der Waals surface area (Å²) in [5.74, 6) is -8.59. The number of allylic oxidation sites excluding steroid dienone is 4. The molecule has 23 nitrogen and oxygen atoms in total. The average Bonchev–Trinajstić information content (AvgIpc) is 3.92. The summed E-state index contributed by atoms with van der Waals surface area (Å²) in [5.41, 5.74) is -0.0516. The number of fused-ring (bicyclic) bond motifs is 2. The molecule has 15 atom stereocenters. The van der Waals surface area contributed by atoms with E-state index in [1.54, 1.807) is 0 Å². The smallest absolute Gasteiger partial charge is 0.248 e. The topological polar surface area (TPSA) is 357 Å². The van der Waals surface area contributed by atoms with Gasteiger partial charge in [0.05, 0.1) is 24.4 Å². The van der Waals surface area contributed by atoms with Gasteiger partial charge in [-0.2, -0.15) is 0 Å². The van der Waals surface area contributed by atoms with Crippen molar-refractivity contribution in [3.8, 4) is 5.75 Å². The first-order chi connectivity index (χ1) is 36.1. The number of carbonyl (C=O) groups is 7. The van der Waals surface area contributed by atoms with E-state index in [-0.39, 0.29) is 24.3 Å². The SMILES string of the molecule is CCCCCC=CCC=CCCCCCCCC(=O)NC1CC(OC)C(O)NC(=O)C2C(O)C(C)CN2C(=O)C(C(C)O)NC(=O)C(C(O)C(O)c2ccc(O)cc2)NC(=O)C2CC(O)CN2C(=O)C(C(C)O)NC1=O. The van der Waals surface area contributed by atoms with Gasteiger partial charge in [0.2, 0.25) is 41.4 Å². The van der Waals surface area contributed by atoms with Crippen LogP contribution >= 0.6 is 0 Å². The molecule has 0 aliphatic carbocycles. The molecular formula is C53H83N7O16. The second-order valence-corrected chi connectivity index (χ2v) is 20.3. The molecule has 1 aromatic rings. The summed E-state index contributed by atoms with van der Waals surface area (Å²) in [5, 5.41) is 100. The Labute approximate surface area is 444 Å². The Morgan fingerprint density at radius 3 is 1.88 bits per heavy atom. The van der Waals surface area contributed by atoms with Crippen LogP contribution in [0.2, 0.25) is 0 Å². The van der Waals surface area contributed by atoms with Crippen LogP contribution in [-0.2, 0) is 38.3 Å². The Morgan fingerprint density at radius 1 is 0.711 bits per heavy atom. The van der Waals surface area contributed by atoms with Gasteiger partial charge in [-0.15, -0.1) is 0 Å². The van der Waals surface area contributed by atoms with Gasteiger partial charge < -0.3 is 82.0 Å². The van der Waals surface area contributed by atoms with Gasteiger partial charge in [-0.25, -0.2) is 0 Å². The fraction of sp³-hybridized carbons (Fsp3) is 0.679. The molecule has 426 valence electrons. The number of hydrogen-bond acceptors (Lipinski definition) is 16. The van der Waals surface area contributed by atoms with E-state index >= 15 is 0 Å². The molecule has 3 heterocycles. The van der Waals surface area contributed by atoms with Crippen LogP contribution in [0.5, 0.6) is 5.75 Å². The number of nitrogens with one attached hydrogen (secondary N) is 5. The van der Waals surface area contributed by atoms with Crippen LogP contribution in [0.3, 0.4) is 0 Å². The van der Waals surface area contributed by atoms with Crippen LogP contribution in [-0.4, -0.2) is 191 Å². The van der Waals surface area contributed by atoms with E-state index < -0.39 is 152 Å². The highest BCUT2D eigenvalue weighted by Crippen LogP contribution is 2.28. The summed E-state index contributed by atoms with van der Waals surface area (Å²) < 4.78 is 5.51. The number of rotatable bonds is 21. The molecule has 0 saturated carbocycles. The number of phenols is 1. The number of carbonyl (C=O) groups excluding carboxylic acids is 7. The molecule has 23 heteroatoms. The third kappa shape index (κ3) is 18.0. The highest BCUT2D eigenvalue weighted by atomic mass is 16.5. The van der Waals surface area contributed by atoms with E-state index in [9.17, 15) is 74.4 Å². The van der Waals surface area contributed by atoms with Gasteiger partial charge in [0.25, 0.3) is 0 Å². The van der Waals surface area contributed by atoms with Crippen LogP contribution in [0.15, 0.2) is 48.6 Å². The highest BCUT2D eigenvalue weighted by molar-refractivity contribution is 5.98. The number of ether oxygens (including phenoxy) is 1. The molecule has 0 spiro atoms. The maximum atomic E-state index is 14.4. The summed E-state index contributed by atoms with van der Waals surface area (Å²) in [6.07, 6.45) is 3.91.